The Kier molecular flexibility index (Phi) is 3.97. The van der Waals surface area contributed by atoms with Gasteiger partial charge in [0.2, 0.25) is 0 Å². The van der Waals surface area contributed by atoms with Crippen LogP contribution in [0.1, 0.15) is 19.5 Å². The Morgan fingerprint density at radius 1 is 1.24 bits per heavy atom. The molecule has 0 spiro atoms. The zero-order valence-electron chi connectivity index (χ0n) is 11.6. The first-order chi connectivity index (χ1) is 9.88. The van der Waals surface area contributed by atoms with E-state index in [0.717, 1.165) is 18.2 Å². The maximum absolute atomic E-state index is 11.1. The monoisotopic (exact) mass is 290 g/mol. The number of nitro benzene ring substituents is 2. The van der Waals surface area contributed by atoms with Crippen LogP contribution in [-0.2, 0) is 6.42 Å². The van der Waals surface area contributed by atoms with Crippen LogP contribution in [-0.4, -0.2) is 19.4 Å². The van der Waals surface area contributed by atoms with Crippen molar-refractivity contribution in [2.75, 3.05) is 0 Å². The van der Waals surface area contributed by atoms with Gasteiger partial charge in [-0.2, -0.15) is 0 Å². The minimum Gasteiger partial charge on any atom is -0.300 e. The summed E-state index contributed by atoms with van der Waals surface area (Å²) in [4.78, 5) is 24.7. The molecule has 8 nitrogen and oxygen atoms in total. The maximum Gasteiger partial charge on any atom is 0.300 e. The fourth-order valence-electron chi connectivity index (χ4n) is 2.01. The van der Waals surface area contributed by atoms with Gasteiger partial charge in [-0.1, -0.05) is 13.8 Å². The van der Waals surface area contributed by atoms with E-state index in [1.54, 1.807) is 6.20 Å². The first kappa shape index (κ1) is 14.6. The molecule has 21 heavy (non-hydrogen) atoms. The van der Waals surface area contributed by atoms with Crippen LogP contribution in [0.2, 0.25) is 0 Å². The van der Waals surface area contributed by atoms with E-state index in [4.69, 9.17) is 0 Å². The largest absolute Gasteiger partial charge is 0.300 e. The molecule has 1 aromatic carbocycles. The van der Waals surface area contributed by atoms with Crippen LogP contribution in [0, 0.1) is 26.1 Å². The summed E-state index contributed by atoms with van der Waals surface area (Å²) in [6, 6.07) is 3.55. The van der Waals surface area contributed by atoms with Crippen molar-refractivity contribution in [2.45, 2.75) is 20.3 Å². The highest BCUT2D eigenvalue weighted by Gasteiger charge is 2.20. The van der Waals surface area contributed by atoms with Crippen molar-refractivity contribution >= 4 is 11.4 Å². The predicted molar refractivity (Wildman–Crippen MR) is 75.4 cm³/mol. The molecule has 0 aliphatic carbocycles. The topological polar surface area (TPSA) is 104 Å². The van der Waals surface area contributed by atoms with Crippen molar-refractivity contribution in [3.05, 3.63) is 56.6 Å². The molecular formula is C13H14N4O4. The molecule has 0 unspecified atom stereocenters. The van der Waals surface area contributed by atoms with Crippen LogP contribution in [0.5, 0.6) is 0 Å². The lowest BCUT2D eigenvalue weighted by Gasteiger charge is -2.03. The molecule has 8 heteroatoms. The van der Waals surface area contributed by atoms with Crippen LogP contribution < -0.4 is 0 Å². The standard InChI is InChI=1S/C13H14N4O4/c1-9(2)5-10-7-15(8-14-10)12-4-3-11(16(18)19)6-13(12)17(20)21/h3-4,6-9H,5H2,1-2H3. The van der Waals surface area contributed by atoms with E-state index in [1.807, 2.05) is 13.8 Å². The summed E-state index contributed by atoms with van der Waals surface area (Å²) in [6.07, 6.45) is 3.94. The number of hydrogen-bond donors (Lipinski definition) is 0. The van der Waals surface area contributed by atoms with Gasteiger partial charge in [0.05, 0.1) is 27.9 Å². The van der Waals surface area contributed by atoms with E-state index in [0.29, 0.717) is 5.92 Å². The van der Waals surface area contributed by atoms with E-state index in [2.05, 4.69) is 4.98 Å². The van der Waals surface area contributed by atoms with E-state index < -0.39 is 9.85 Å². The van der Waals surface area contributed by atoms with Gasteiger partial charge in [0, 0.05) is 12.3 Å². The lowest BCUT2D eigenvalue weighted by molar-refractivity contribution is -0.394. The number of benzene rings is 1. The second-order valence-electron chi connectivity index (χ2n) is 5.06. The minimum atomic E-state index is -0.658. The summed E-state index contributed by atoms with van der Waals surface area (Å²) < 4.78 is 1.51. The lowest BCUT2D eigenvalue weighted by Crippen LogP contribution is -2.00. The van der Waals surface area contributed by atoms with Gasteiger partial charge in [-0.05, 0) is 18.4 Å². The quantitative estimate of drug-likeness (QED) is 0.622. The van der Waals surface area contributed by atoms with Gasteiger partial charge < -0.3 is 0 Å². The van der Waals surface area contributed by atoms with Gasteiger partial charge >= 0.3 is 0 Å². The van der Waals surface area contributed by atoms with Gasteiger partial charge in [-0.3, -0.25) is 24.8 Å². The number of nitrogens with zero attached hydrogens (tertiary/aromatic N) is 4. The van der Waals surface area contributed by atoms with E-state index in [9.17, 15) is 20.2 Å². The Hall–Kier alpha value is -2.77. The van der Waals surface area contributed by atoms with Crippen molar-refractivity contribution in [1.29, 1.82) is 0 Å². The average Bonchev–Trinajstić information content (AvgIpc) is 2.85. The second kappa shape index (κ2) is 5.70. The number of rotatable bonds is 5. The number of hydrogen-bond acceptors (Lipinski definition) is 5. The Morgan fingerprint density at radius 2 is 1.95 bits per heavy atom. The van der Waals surface area contributed by atoms with Crippen LogP contribution in [0.25, 0.3) is 5.69 Å². The maximum atomic E-state index is 11.1. The Balaban J connectivity index is 2.45. The van der Waals surface area contributed by atoms with Gasteiger partial charge in [0.1, 0.15) is 5.69 Å². The molecular weight excluding hydrogens is 276 g/mol. The predicted octanol–water partition coefficient (Wildman–Crippen LogP) is 2.89. The van der Waals surface area contributed by atoms with Crippen molar-refractivity contribution in [2.24, 2.45) is 5.92 Å². The van der Waals surface area contributed by atoms with Gasteiger partial charge in [-0.15, -0.1) is 0 Å². The molecule has 2 rings (SSSR count). The molecule has 0 aliphatic heterocycles. The zero-order valence-corrected chi connectivity index (χ0v) is 11.6. The Morgan fingerprint density at radius 3 is 2.52 bits per heavy atom. The molecule has 110 valence electrons. The molecule has 0 saturated heterocycles. The Labute approximate surface area is 120 Å². The highest BCUT2D eigenvalue weighted by Crippen LogP contribution is 2.28. The van der Waals surface area contributed by atoms with E-state index >= 15 is 0 Å². The molecule has 0 amide bonds. The highest BCUT2D eigenvalue weighted by molar-refractivity contribution is 5.58. The molecule has 0 bridgehead atoms. The summed E-state index contributed by atoms with van der Waals surface area (Å²) >= 11 is 0. The van der Waals surface area contributed by atoms with E-state index in [1.165, 1.54) is 23.0 Å². The third-order valence-electron chi connectivity index (χ3n) is 2.90. The van der Waals surface area contributed by atoms with E-state index in [-0.39, 0.29) is 17.1 Å². The molecule has 0 N–H and O–H groups in total. The molecule has 1 heterocycles. The average molecular weight is 290 g/mol. The summed E-state index contributed by atoms with van der Waals surface area (Å²) in [7, 11) is 0. The zero-order chi connectivity index (χ0) is 15.6. The summed E-state index contributed by atoms with van der Waals surface area (Å²) in [6.45, 7) is 4.10. The van der Waals surface area contributed by atoms with Crippen LogP contribution in [0.4, 0.5) is 11.4 Å². The van der Waals surface area contributed by atoms with Gasteiger partial charge in [0.15, 0.2) is 0 Å². The molecule has 0 fully saturated rings. The normalized spacial score (nSPS) is 10.8. The molecule has 0 saturated carbocycles. The third-order valence-corrected chi connectivity index (χ3v) is 2.90. The van der Waals surface area contributed by atoms with Crippen molar-refractivity contribution in [3.63, 3.8) is 0 Å². The fourth-order valence-corrected chi connectivity index (χ4v) is 2.01. The second-order valence-corrected chi connectivity index (χ2v) is 5.06. The smallest absolute Gasteiger partial charge is 0.300 e. The van der Waals surface area contributed by atoms with Crippen molar-refractivity contribution in [1.82, 2.24) is 9.55 Å². The number of non-ortho nitro benzene ring substituents is 1. The third kappa shape index (κ3) is 3.22. The number of nitro groups is 2. The summed E-state index contributed by atoms with van der Waals surface area (Å²) in [5.41, 5.74) is 0.441. The molecule has 0 atom stereocenters. The van der Waals surface area contributed by atoms with Crippen LogP contribution in [0.3, 0.4) is 0 Å². The molecule has 0 radical (unpaired) electrons. The number of imidazole rings is 1. The molecule has 0 aliphatic rings. The van der Waals surface area contributed by atoms with Crippen molar-refractivity contribution < 1.29 is 9.85 Å². The minimum absolute atomic E-state index is 0.258. The molecule has 1 aromatic heterocycles. The van der Waals surface area contributed by atoms with Crippen LogP contribution in [0.15, 0.2) is 30.7 Å². The molecule has 2 aromatic rings. The first-order valence-corrected chi connectivity index (χ1v) is 6.34. The fraction of sp³-hybridized carbons (Fsp3) is 0.308. The SMILES string of the molecule is CC(C)Cc1cn(-c2ccc([N+](=O)[O-])cc2[N+](=O)[O-])cn1. The lowest BCUT2D eigenvalue weighted by atomic mass is 10.1. The Bertz CT molecular complexity index is 693. The summed E-state index contributed by atoms with van der Waals surface area (Å²) in [5.74, 6) is 0.417. The first-order valence-electron chi connectivity index (χ1n) is 6.34. The summed E-state index contributed by atoms with van der Waals surface area (Å²) in [5, 5.41) is 21.8. The van der Waals surface area contributed by atoms with Crippen LogP contribution >= 0.6 is 0 Å². The van der Waals surface area contributed by atoms with Gasteiger partial charge in [0.25, 0.3) is 11.4 Å². The highest BCUT2D eigenvalue weighted by atomic mass is 16.6. The number of aromatic nitrogens is 2. The van der Waals surface area contributed by atoms with Crippen molar-refractivity contribution in [3.8, 4) is 5.69 Å². The van der Waals surface area contributed by atoms with Gasteiger partial charge in [-0.25, -0.2) is 4.98 Å².